The summed E-state index contributed by atoms with van der Waals surface area (Å²) in [5, 5.41) is 5.37. The number of carbonyl (C=O) groups excluding carboxylic acids is 1. The summed E-state index contributed by atoms with van der Waals surface area (Å²) in [5.41, 5.74) is 1.95. The number of nitrogens with zero attached hydrogens (tertiary/aromatic N) is 3. The molecule has 122 valence electrons. The predicted molar refractivity (Wildman–Crippen MR) is 89.8 cm³/mol. The van der Waals surface area contributed by atoms with E-state index in [-0.39, 0.29) is 24.3 Å². The molecule has 4 rings (SSSR count). The smallest absolute Gasteiger partial charge is 0.244 e. The maximum Gasteiger partial charge on any atom is 0.244 e. The Bertz CT molecular complexity index is 872. The van der Waals surface area contributed by atoms with Crippen LogP contribution in [0.15, 0.2) is 54.7 Å². The van der Waals surface area contributed by atoms with Gasteiger partial charge in [-0.2, -0.15) is 5.10 Å². The van der Waals surface area contributed by atoms with Gasteiger partial charge in [0.1, 0.15) is 12.4 Å². The molecule has 0 bridgehead atoms. The van der Waals surface area contributed by atoms with E-state index in [2.05, 4.69) is 5.10 Å². The normalized spacial score (nSPS) is 17.5. The molecule has 4 nitrogen and oxygen atoms in total. The van der Waals surface area contributed by atoms with Gasteiger partial charge in [0.25, 0.3) is 0 Å². The molecule has 0 spiro atoms. The van der Waals surface area contributed by atoms with E-state index in [0.29, 0.717) is 0 Å². The van der Waals surface area contributed by atoms with Crippen molar-refractivity contribution in [2.75, 3.05) is 6.54 Å². The lowest BCUT2D eigenvalue weighted by molar-refractivity contribution is -0.132. The van der Waals surface area contributed by atoms with E-state index < -0.39 is 0 Å². The zero-order chi connectivity index (χ0) is 16.5. The lowest BCUT2D eigenvalue weighted by Gasteiger charge is -2.25. The van der Waals surface area contributed by atoms with Crippen molar-refractivity contribution in [1.82, 2.24) is 14.7 Å². The maximum atomic E-state index is 13.1. The lowest BCUT2D eigenvalue weighted by Crippen LogP contribution is -2.33. The van der Waals surface area contributed by atoms with Crippen molar-refractivity contribution in [3.05, 3.63) is 66.1 Å². The number of hydrogen-bond acceptors (Lipinski definition) is 2. The van der Waals surface area contributed by atoms with Crippen molar-refractivity contribution in [3.8, 4) is 0 Å². The molecular formula is C19H18FN3O. The highest BCUT2D eigenvalue weighted by molar-refractivity contribution is 5.82. The van der Waals surface area contributed by atoms with Crippen LogP contribution in [0.4, 0.5) is 4.39 Å². The molecule has 1 fully saturated rings. The Morgan fingerprint density at radius 1 is 1.17 bits per heavy atom. The Morgan fingerprint density at radius 3 is 2.79 bits per heavy atom. The number of rotatable bonds is 3. The molecule has 3 aromatic rings. The molecular weight excluding hydrogens is 305 g/mol. The van der Waals surface area contributed by atoms with Crippen molar-refractivity contribution < 1.29 is 9.18 Å². The van der Waals surface area contributed by atoms with Crippen molar-refractivity contribution in [3.63, 3.8) is 0 Å². The van der Waals surface area contributed by atoms with Crippen molar-refractivity contribution in [2.24, 2.45) is 0 Å². The van der Waals surface area contributed by atoms with Gasteiger partial charge in [-0.05, 0) is 36.6 Å². The largest absolute Gasteiger partial charge is 0.334 e. The fourth-order valence-corrected chi connectivity index (χ4v) is 3.47. The minimum absolute atomic E-state index is 0.0277. The first-order chi connectivity index (χ1) is 11.7. The van der Waals surface area contributed by atoms with E-state index in [4.69, 9.17) is 0 Å². The third kappa shape index (κ3) is 2.66. The van der Waals surface area contributed by atoms with Crippen molar-refractivity contribution >= 4 is 16.8 Å². The van der Waals surface area contributed by atoms with E-state index in [1.807, 2.05) is 29.2 Å². The topological polar surface area (TPSA) is 38.1 Å². The summed E-state index contributed by atoms with van der Waals surface area (Å²) in [5.74, 6) is -0.201. The molecule has 2 heterocycles. The molecule has 1 aliphatic heterocycles. The number of para-hydroxylation sites is 1. The van der Waals surface area contributed by atoms with Gasteiger partial charge in [-0.1, -0.05) is 30.3 Å². The highest BCUT2D eigenvalue weighted by atomic mass is 19.1. The summed E-state index contributed by atoms with van der Waals surface area (Å²) in [6, 6.07) is 14.3. The van der Waals surface area contributed by atoms with Crippen LogP contribution in [0.3, 0.4) is 0 Å². The van der Waals surface area contributed by atoms with E-state index in [9.17, 15) is 9.18 Å². The van der Waals surface area contributed by atoms with Crippen LogP contribution in [0, 0.1) is 5.82 Å². The Balaban J connectivity index is 1.56. The van der Waals surface area contributed by atoms with Gasteiger partial charge in [0.2, 0.25) is 5.91 Å². The highest BCUT2D eigenvalue weighted by Crippen LogP contribution is 2.32. The van der Waals surface area contributed by atoms with E-state index in [1.165, 1.54) is 12.1 Å². The molecule has 1 atom stereocenters. The fraction of sp³-hybridized carbons (Fsp3) is 0.263. The Labute approximate surface area is 139 Å². The first-order valence-corrected chi connectivity index (χ1v) is 8.18. The summed E-state index contributed by atoms with van der Waals surface area (Å²) in [4.78, 5) is 14.7. The van der Waals surface area contributed by atoms with Crippen LogP contribution in [0.5, 0.6) is 0 Å². The van der Waals surface area contributed by atoms with Gasteiger partial charge in [0, 0.05) is 11.9 Å². The minimum atomic E-state index is -0.252. The van der Waals surface area contributed by atoms with Crippen LogP contribution in [-0.2, 0) is 11.3 Å². The summed E-state index contributed by atoms with van der Waals surface area (Å²) in [6.45, 7) is 0.964. The van der Waals surface area contributed by atoms with Crippen molar-refractivity contribution in [1.29, 1.82) is 0 Å². The summed E-state index contributed by atoms with van der Waals surface area (Å²) < 4.78 is 14.9. The number of fused-ring (bicyclic) bond motifs is 1. The number of carbonyl (C=O) groups is 1. The van der Waals surface area contributed by atoms with Gasteiger partial charge >= 0.3 is 0 Å². The molecule has 0 aliphatic carbocycles. The number of aromatic nitrogens is 2. The minimum Gasteiger partial charge on any atom is -0.334 e. The van der Waals surface area contributed by atoms with Crippen LogP contribution in [0.25, 0.3) is 10.9 Å². The Kier molecular flexibility index (Phi) is 3.76. The molecule has 1 saturated heterocycles. The van der Waals surface area contributed by atoms with Gasteiger partial charge in [0.05, 0.1) is 17.8 Å². The third-order valence-electron chi connectivity index (χ3n) is 4.66. The molecule has 1 unspecified atom stereocenters. The maximum absolute atomic E-state index is 13.1. The zero-order valence-corrected chi connectivity index (χ0v) is 13.2. The molecule has 1 aliphatic rings. The average molecular weight is 323 g/mol. The predicted octanol–water partition coefficient (Wildman–Crippen LogP) is 3.54. The summed E-state index contributed by atoms with van der Waals surface area (Å²) >= 11 is 0. The van der Waals surface area contributed by atoms with Gasteiger partial charge < -0.3 is 4.90 Å². The molecule has 0 radical (unpaired) electrons. The van der Waals surface area contributed by atoms with Gasteiger partial charge in [-0.3, -0.25) is 9.48 Å². The van der Waals surface area contributed by atoms with E-state index in [1.54, 1.807) is 23.0 Å². The van der Waals surface area contributed by atoms with Crippen molar-refractivity contribution in [2.45, 2.75) is 25.4 Å². The molecule has 2 aromatic carbocycles. The number of hydrogen-bond donors (Lipinski definition) is 0. The van der Waals surface area contributed by atoms with Crippen LogP contribution in [0.1, 0.15) is 24.4 Å². The third-order valence-corrected chi connectivity index (χ3v) is 4.66. The quantitative estimate of drug-likeness (QED) is 0.739. The molecule has 0 saturated carbocycles. The second-order valence-corrected chi connectivity index (χ2v) is 6.16. The first-order valence-electron chi connectivity index (χ1n) is 8.18. The van der Waals surface area contributed by atoms with Gasteiger partial charge in [-0.25, -0.2) is 4.39 Å². The number of benzene rings is 2. The SMILES string of the molecule is O=C(Cn1ncc2ccccc21)N1CCCC1c1ccc(F)cc1. The van der Waals surface area contributed by atoms with E-state index in [0.717, 1.165) is 35.9 Å². The molecule has 24 heavy (non-hydrogen) atoms. The second kappa shape index (κ2) is 6.07. The van der Waals surface area contributed by atoms with E-state index >= 15 is 0 Å². The number of halogens is 1. The number of likely N-dealkylation sites (tertiary alicyclic amines) is 1. The van der Waals surface area contributed by atoms with Gasteiger partial charge in [0.15, 0.2) is 0 Å². The van der Waals surface area contributed by atoms with Crippen LogP contribution >= 0.6 is 0 Å². The van der Waals surface area contributed by atoms with Crippen LogP contribution in [-0.4, -0.2) is 27.1 Å². The standard InChI is InChI=1S/C19H18FN3O/c20-16-9-7-14(8-10-16)17-6-3-11-22(17)19(24)13-23-18-5-2-1-4-15(18)12-21-23/h1-2,4-5,7-10,12,17H,3,6,11,13H2. The summed E-state index contributed by atoms with van der Waals surface area (Å²) in [7, 11) is 0. The fourth-order valence-electron chi connectivity index (χ4n) is 3.47. The van der Waals surface area contributed by atoms with Crippen LogP contribution in [0.2, 0.25) is 0 Å². The molecule has 1 amide bonds. The zero-order valence-electron chi connectivity index (χ0n) is 13.2. The monoisotopic (exact) mass is 323 g/mol. The Hall–Kier alpha value is -2.69. The molecule has 5 heteroatoms. The molecule has 1 aromatic heterocycles. The Morgan fingerprint density at radius 2 is 1.96 bits per heavy atom. The average Bonchev–Trinajstić information content (AvgIpc) is 3.23. The first kappa shape index (κ1) is 14.9. The lowest BCUT2D eigenvalue weighted by atomic mass is 10.0. The van der Waals surface area contributed by atoms with Crippen LogP contribution < -0.4 is 0 Å². The highest BCUT2D eigenvalue weighted by Gasteiger charge is 2.30. The molecule has 0 N–H and O–H groups in total. The summed E-state index contributed by atoms with van der Waals surface area (Å²) in [6.07, 6.45) is 3.66. The van der Waals surface area contributed by atoms with Gasteiger partial charge in [-0.15, -0.1) is 0 Å². The number of amides is 1. The second-order valence-electron chi connectivity index (χ2n) is 6.16.